The van der Waals surface area contributed by atoms with Gasteiger partial charge in [0.15, 0.2) is 0 Å². The van der Waals surface area contributed by atoms with Gasteiger partial charge < -0.3 is 10.6 Å². The average molecular weight is 300 g/mol. The highest BCUT2D eigenvalue weighted by Gasteiger charge is 2.42. The summed E-state index contributed by atoms with van der Waals surface area (Å²) in [6, 6.07) is 8.63. The number of hydrogen-bond donors (Lipinski definition) is 1. The van der Waals surface area contributed by atoms with Crippen molar-refractivity contribution in [3.63, 3.8) is 0 Å². The number of nitrogens with zero attached hydrogens (tertiary/aromatic N) is 1. The standard InChI is InChI=1S/C15H19F3N2O/c16-15(17,18)12-7-4-8-20(10-12)14(21)9-13(19)11-5-2-1-3-6-11/h1-3,5-6,12-13H,4,7-10,19H2. The maximum atomic E-state index is 12.7. The van der Waals surface area contributed by atoms with Gasteiger partial charge in [0.1, 0.15) is 0 Å². The van der Waals surface area contributed by atoms with Gasteiger partial charge in [-0.25, -0.2) is 0 Å². The van der Waals surface area contributed by atoms with E-state index in [4.69, 9.17) is 5.73 Å². The summed E-state index contributed by atoms with van der Waals surface area (Å²) in [5.41, 5.74) is 6.77. The Kier molecular flexibility index (Phi) is 4.88. The number of rotatable bonds is 3. The van der Waals surface area contributed by atoms with Crippen molar-refractivity contribution in [2.75, 3.05) is 13.1 Å². The molecule has 0 spiro atoms. The van der Waals surface area contributed by atoms with Gasteiger partial charge >= 0.3 is 6.18 Å². The number of hydrogen-bond acceptors (Lipinski definition) is 2. The predicted octanol–water partition coefficient (Wildman–Crippen LogP) is 2.88. The molecule has 2 unspecified atom stereocenters. The summed E-state index contributed by atoms with van der Waals surface area (Å²) in [7, 11) is 0. The second kappa shape index (κ2) is 6.47. The molecule has 0 aromatic heterocycles. The second-order valence-corrected chi connectivity index (χ2v) is 5.44. The van der Waals surface area contributed by atoms with Crippen molar-refractivity contribution in [1.82, 2.24) is 4.90 Å². The first-order chi connectivity index (χ1) is 9.88. The maximum Gasteiger partial charge on any atom is 0.393 e. The summed E-state index contributed by atoms with van der Waals surface area (Å²) in [6.07, 6.45) is -3.72. The highest BCUT2D eigenvalue weighted by Crippen LogP contribution is 2.33. The fourth-order valence-electron chi connectivity index (χ4n) is 2.61. The van der Waals surface area contributed by atoms with Crippen LogP contribution in [0.15, 0.2) is 30.3 Å². The number of likely N-dealkylation sites (tertiary alicyclic amines) is 1. The molecule has 0 aliphatic carbocycles. The van der Waals surface area contributed by atoms with Gasteiger partial charge in [-0.2, -0.15) is 13.2 Å². The number of amides is 1. The molecule has 1 aromatic rings. The van der Waals surface area contributed by atoms with Crippen LogP contribution in [0.1, 0.15) is 30.9 Å². The van der Waals surface area contributed by atoms with Crippen molar-refractivity contribution >= 4 is 5.91 Å². The van der Waals surface area contributed by atoms with Crippen LogP contribution < -0.4 is 5.73 Å². The molecule has 1 heterocycles. The molecule has 1 saturated heterocycles. The maximum absolute atomic E-state index is 12.7. The molecule has 2 N–H and O–H groups in total. The molecular weight excluding hydrogens is 281 g/mol. The lowest BCUT2D eigenvalue weighted by Crippen LogP contribution is -2.45. The second-order valence-electron chi connectivity index (χ2n) is 5.44. The molecule has 3 nitrogen and oxygen atoms in total. The molecule has 0 bridgehead atoms. The minimum atomic E-state index is -4.24. The molecule has 2 rings (SSSR count). The molecule has 21 heavy (non-hydrogen) atoms. The fraction of sp³-hybridized carbons (Fsp3) is 0.533. The first-order valence-corrected chi connectivity index (χ1v) is 7.03. The van der Waals surface area contributed by atoms with E-state index < -0.39 is 18.1 Å². The topological polar surface area (TPSA) is 46.3 Å². The van der Waals surface area contributed by atoms with E-state index in [1.165, 1.54) is 4.90 Å². The van der Waals surface area contributed by atoms with E-state index in [1.54, 1.807) is 0 Å². The predicted molar refractivity (Wildman–Crippen MR) is 73.3 cm³/mol. The summed E-state index contributed by atoms with van der Waals surface area (Å²) < 4.78 is 38.2. The first-order valence-electron chi connectivity index (χ1n) is 7.03. The Morgan fingerprint density at radius 3 is 2.62 bits per heavy atom. The van der Waals surface area contributed by atoms with E-state index >= 15 is 0 Å². The van der Waals surface area contributed by atoms with Crippen molar-refractivity contribution < 1.29 is 18.0 Å². The molecule has 6 heteroatoms. The SMILES string of the molecule is NC(CC(=O)N1CCCC(C(F)(F)F)C1)c1ccccc1. The Morgan fingerprint density at radius 1 is 1.33 bits per heavy atom. The molecule has 1 aromatic carbocycles. The highest BCUT2D eigenvalue weighted by atomic mass is 19.4. The average Bonchev–Trinajstić information content (AvgIpc) is 2.47. The molecule has 2 atom stereocenters. The molecule has 0 saturated carbocycles. The van der Waals surface area contributed by atoms with Crippen LogP contribution in [0.3, 0.4) is 0 Å². The van der Waals surface area contributed by atoms with Gasteiger partial charge in [0.25, 0.3) is 0 Å². The van der Waals surface area contributed by atoms with Crippen LogP contribution in [-0.2, 0) is 4.79 Å². The molecule has 1 amide bonds. The van der Waals surface area contributed by atoms with E-state index in [0.29, 0.717) is 13.0 Å². The van der Waals surface area contributed by atoms with Gasteiger partial charge in [-0.3, -0.25) is 4.79 Å². The molecule has 1 aliphatic rings. The van der Waals surface area contributed by atoms with Crippen LogP contribution in [-0.4, -0.2) is 30.1 Å². The number of carbonyl (C=O) groups excluding carboxylic acids is 1. The van der Waals surface area contributed by atoms with Crippen LogP contribution >= 0.6 is 0 Å². The lowest BCUT2D eigenvalue weighted by Gasteiger charge is -2.34. The van der Waals surface area contributed by atoms with Gasteiger partial charge in [-0.1, -0.05) is 30.3 Å². The van der Waals surface area contributed by atoms with Gasteiger partial charge in [0.2, 0.25) is 5.91 Å². The molecular formula is C15H19F3N2O. The van der Waals surface area contributed by atoms with Crippen LogP contribution in [0.4, 0.5) is 13.2 Å². The number of carbonyl (C=O) groups is 1. The number of alkyl halides is 3. The van der Waals surface area contributed by atoms with E-state index in [0.717, 1.165) is 5.56 Å². The van der Waals surface area contributed by atoms with Crippen molar-refractivity contribution in [2.45, 2.75) is 31.5 Å². The largest absolute Gasteiger partial charge is 0.393 e. The first kappa shape index (κ1) is 15.8. The van der Waals surface area contributed by atoms with Crippen LogP contribution in [0.25, 0.3) is 0 Å². The summed E-state index contributed by atoms with van der Waals surface area (Å²) in [6.45, 7) is 0.136. The minimum Gasteiger partial charge on any atom is -0.342 e. The Balaban J connectivity index is 1.94. The Hall–Kier alpha value is -1.56. The van der Waals surface area contributed by atoms with Crippen LogP contribution in [0.2, 0.25) is 0 Å². The fourth-order valence-corrected chi connectivity index (χ4v) is 2.61. The van der Waals surface area contributed by atoms with Crippen molar-refractivity contribution in [3.05, 3.63) is 35.9 Å². The van der Waals surface area contributed by atoms with E-state index in [1.807, 2.05) is 30.3 Å². The number of benzene rings is 1. The Morgan fingerprint density at radius 2 is 2.00 bits per heavy atom. The van der Waals surface area contributed by atoms with E-state index in [2.05, 4.69) is 0 Å². The number of halogens is 3. The Bertz CT molecular complexity index is 476. The zero-order valence-electron chi connectivity index (χ0n) is 11.6. The highest BCUT2D eigenvalue weighted by molar-refractivity contribution is 5.77. The van der Waals surface area contributed by atoms with E-state index in [9.17, 15) is 18.0 Å². The summed E-state index contributed by atoms with van der Waals surface area (Å²) >= 11 is 0. The van der Waals surface area contributed by atoms with Gasteiger partial charge in [0, 0.05) is 25.6 Å². The third-order valence-electron chi connectivity index (χ3n) is 3.86. The van der Waals surface area contributed by atoms with Gasteiger partial charge in [-0.15, -0.1) is 0 Å². The van der Waals surface area contributed by atoms with Crippen LogP contribution in [0.5, 0.6) is 0 Å². The van der Waals surface area contributed by atoms with Gasteiger partial charge in [0.05, 0.1) is 5.92 Å². The van der Waals surface area contributed by atoms with E-state index in [-0.39, 0.29) is 25.3 Å². The normalized spacial score (nSPS) is 21.1. The third-order valence-corrected chi connectivity index (χ3v) is 3.86. The molecule has 1 fully saturated rings. The third kappa shape index (κ3) is 4.20. The monoisotopic (exact) mass is 300 g/mol. The van der Waals surface area contributed by atoms with Crippen LogP contribution in [0, 0.1) is 5.92 Å². The number of nitrogens with two attached hydrogens (primary N) is 1. The summed E-state index contributed by atoms with van der Waals surface area (Å²) in [5.74, 6) is -1.72. The minimum absolute atomic E-state index is 0.0363. The molecule has 0 radical (unpaired) electrons. The number of piperidine rings is 1. The zero-order valence-corrected chi connectivity index (χ0v) is 11.6. The molecule has 116 valence electrons. The summed E-state index contributed by atoms with van der Waals surface area (Å²) in [4.78, 5) is 13.4. The van der Waals surface area contributed by atoms with Crippen molar-refractivity contribution in [3.8, 4) is 0 Å². The summed E-state index contributed by atoms with van der Waals surface area (Å²) in [5, 5.41) is 0. The van der Waals surface area contributed by atoms with Crippen molar-refractivity contribution in [1.29, 1.82) is 0 Å². The Labute approximate surface area is 121 Å². The lowest BCUT2D eigenvalue weighted by molar-refractivity contribution is -0.188. The smallest absolute Gasteiger partial charge is 0.342 e. The lowest BCUT2D eigenvalue weighted by atomic mass is 9.96. The van der Waals surface area contributed by atoms with Crippen molar-refractivity contribution in [2.24, 2.45) is 11.7 Å². The molecule has 1 aliphatic heterocycles. The zero-order chi connectivity index (χ0) is 15.5. The quantitative estimate of drug-likeness (QED) is 0.933. The van der Waals surface area contributed by atoms with Gasteiger partial charge in [-0.05, 0) is 18.4 Å².